The Morgan fingerprint density at radius 1 is 1.12 bits per heavy atom. The molecule has 8 heteroatoms. The molecule has 0 aromatic heterocycles. The van der Waals surface area contributed by atoms with Crippen LogP contribution in [0.15, 0.2) is 48.5 Å². The summed E-state index contributed by atoms with van der Waals surface area (Å²) in [5, 5.41) is 12.0. The number of nitrogens with one attached hydrogen (secondary N) is 1. The molecule has 1 unspecified atom stereocenters. The van der Waals surface area contributed by atoms with Gasteiger partial charge in [0.15, 0.2) is 0 Å². The molecule has 1 heterocycles. The van der Waals surface area contributed by atoms with E-state index in [9.17, 15) is 19.5 Å². The molecule has 168 valence electrons. The lowest BCUT2D eigenvalue weighted by molar-refractivity contribution is -0.147. The van der Waals surface area contributed by atoms with Crippen molar-refractivity contribution in [3.05, 3.63) is 59.7 Å². The molecule has 7 nitrogen and oxygen atoms in total. The normalized spacial score (nSPS) is 18.0. The van der Waals surface area contributed by atoms with Gasteiger partial charge in [-0.15, -0.1) is 11.8 Å². The third-order valence-electron chi connectivity index (χ3n) is 5.99. The number of ether oxygens (including phenoxy) is 1. The molecule has 32 heavy (non-hydrogen) atoms. The van der Waals surface area contributed by atoms with Crippen molar-refractivity contribution >= 4 is 29.7 Å². The molecule has 2 aromatic rings. The molecule has 1 fully saturated rings. The van der Waals surface area contributed by atoms with E-state index in [0.717, 1.165) is 11.1 Å². The Balaban J connectivity index is 1.27. The number of carbonyl (C=O) groups is 3. The van der Waals surface area contributed by atoms with E-state index in [-0.39, 0.29) is 30.9 Å². The molecule has 2 N–H and O–H groups in total. The summed E-state index contributed by atoms with van der Waals surface area (Å²) in [6.45, 7) is 2.04. The van der Waals surface area contributed by atoms with Crippen molar-refractivity contribution in [2.24, 2.45) is 0 Å². The first kappa shape index (κ1) is 22.2. The zero-order chi connectivity index (χ0) is 22.7. The maximum Gasteiger partial charge on any atom is 0.407 e. The van der Waals surface area contributed by atoms with E-state index >= 15 is 0 Å². The number of carboxylic acids is 1. The van der Waals surface area contributed by atoms with E-state index in [2.05, 4.69) is 29.6 Å². The third kappa shape index (κ3) is 4.60. The van der Waals surface area contributed by atoms with Gasteiger partial charge >= 0.3 is 12.1 Å². The smallest absolute Gasteiger partial charge is 0.407 e. The Labute approximate surface area is 191 Å². The molecular formula is C24H26N2O5S. The lowest BCUT2D eigenvalue weighted by atomic mass is 9.98. The van der Waals surface area contributed by atoms with Gasteiger partial charge in [-0.1, -0.05) is 48.5 Å². The number of carboxylic acid groups (broad SMARTS) is 1. The highest BCUT2D eigenvalue weighted by Gasteiger charge is 2.34. The van der Waals surface area contributed by atoms with E-state index in [1.54, 1.807) is 0 Å². The van der Waals surface area contributed by atoms with Gasteiger partial charge in [0.1, 0.15) is 12.6 Å². The number of thioether (sulfide) groups is 1. The lowest BCUT2D eigenvalue weighted by Crippen LogP contribution is -2.42. The van der Waals surface area contributed by atoms with Crippen LogP contribution in [0.1, 0.15) is 36.8 Å². The van der Waals surface area contributed by atoms with E-state index in [1.807, 2.05) is 31.2 Å². The largest absolute Gasteiger partial charge is 0.480 e. The van der Waals surface area contributed by atoms with Crippen LogP contribution in [0, 0.1) is 0 Å². The minimum atomic E-state index is -0.979. The number of aliphatic carboxylic acids is 1. The average molecular weight is 455 g/mol. The summed E-state index contributed by atoms with van der Waals surface area (Å²) in [7, 11) is 0. The summed E-state index contributed by atoms with van der Waals surface area (Å²) in [5.74, 6) is -0.388. The van der Waals surface area contributed by atoms with Crippen LogP contribution in [0.25, 0.3) is 11.1 Å². The number of hydrogen-bond donors (Lipinski definition) is 2. The molecule has 0 bridgehead atoms. The monoisotopic (exact) mass is 454 g/mol. The second-order valence-corrected chi connectivity index (χ2v) is 9.13. The van der Waals surface area contributed by atoms with Crippen molar-refractivity contribution in [2.45, 2.75) is 37.8 Å². The van der Waals surface area contributed by atoms with Crippen LogP contribution >= 0.6 is 11.8 Å². The Morgan fingerprint density at radius 2 is 1.75 bits per heavy atom. The molecule has 2 aromatic carbocycles. The highest BCUT2D eigenvalue weighted by atomic mass is 32.2. The van der Waals surface area contributed by atoms with Crippen molar-refractivity contribution in [2.75, 3.05) is 18.2 Å². The molecule has 2 aliphatic rings. The van der Waals surface area contributed by atoms with E-state index in [4.69, 9.17) is 4.74 Å². The van der Waals surface area contributed by atoms with Crippen molar-refractivity contribution in [3.8, 4) is 11.1 Å². The molecule has 1 saturated heterocycles. The third-order valence-corrected chi connectivity index (χ3v) is 7.00. The van der Waals surface area contributed by atoms with Crippen LogP contribution in [0.5, 0.6) is 0 Å². The number of benzene rings is 2. The van der Waals surface area contributed by atoms with Gasteiger partial charge in [-0.05, 0) is 35.6 Å². The summed E-state index contributed by atoms with van der Waals surface area (Å²) in [5.41, 5.74) is 4.64. The zero-order valence-electron chi connectivity index (χ0n) is 17.8. The summed E-state index contributed by atoms with van der Waals surface area (Å²) in [6, 6.07) is 15.3. The summed E-state index contributed by atoms with van der Waals surface area (Å²) >= 11 is 1.44. The van der Waals surface area contributed by atoms with E-state index < -0.39 is 18.1 Å². The van der Waals surface area contributed by atoms with Crippen LogP contribution in [-0.2, 0) is 14.3 Å². The van der Waals surface area contributed by atoms with Gasteiger partial charge in [-0.2, -0.15) is 0 Å². The maximum absolute atomic E-state index is 12.4. The van der Waals surface area contributed by atoms with Gasteiger partial charge in [0.05, 0.1) is 5.88 Å². The van der Waals surface area contributed by atoms with Gasteiger partial charge in [0, 0.05) is 24.1 Å². The van der Waals surface area contributed by atoms with Crippen LogP contribution in [-0.4, -0.2) is 58.3 Å². The number of hydrogen-bond acceptors (Lipinski definition) is 5. The Hall–Kier alpha value is -3.00. The Bertz CT molecular complexity index is 981. The quantitative estimate of drug-likeness (QED) is 0.663. The molecule has 0 saturated carbocycles. The van der Waals surface area contributed by atoms with E-state index in [1.165, 1.54) is 27.8 Å². The minimum Gasteiger partial charge on any atom is -0.480 e. The van der Waals surface area contributed by atoms with Gasteiger partial charge in [-0.3, -0.25) is 4.79 Å². The number of fused-ring (bicyclic) bond motifs is 3. The number of alkyl carbamates (subject to hydrolysis) is 1. The molecular weight excluding hydrogens is 428 g/mol. The molecule has 2 atom stereocenters. The first-order chi connectivity index (χ1) is 15.5. The van der Waals surface area contributed by atoms with Crippen molar-refractivity contribution in [3.63, 3.8) is 0 Å². The van der Waals surface area contributed by atoms with Crippen LogP contribution in [0.3, 0.4) is 0 Å². The fourth-order valence-electron chi connectivity index (χ4n) is 4.29. The number of carbonyl (C=O) groups excluding carboxylic acids is 2. The fraction of sp³-hybridized carbons (Fsp3) is 0.375. The number of amides is 2. The molecule has 0 radical (unpaired) electrons. The van der Waals surface area contributed by atoms with Crippen molar-refractivity contribution < 1.29 is 24.2 Å². The second kappa shape index (κ2) is 9.65. The highest BCUT2D eigenvalue weighted by Crippen LogP contribution is 2.44. The lowest BCUT2D eigenvalue weighted by Gasteiger charge is -2.21. The standard InChI is InChI=1S/C24H26N2O5S/c1-15(10-11-22(27)26-14-32-13-21(26)23(28)29)25-24(30)31-12-20-18-8-4-2-6-16(18)17-7-3-5-9-19(17)20/h2-9,15,20-21H,10-14H2,1H3,(H,25,30)(H,28,29)/t15?,21-/m0/s1. The highest BCUT2D eigenvalue weighted by molar-refractivity contribution is 7.99. The fourth-order valence-corrected chi connectivity index (χ4v) is 5.46. The summed E-state index contributed by atoms with van der Waals surface area (Å²) in [4.78, 5) is 37.4. The molecule has 4 rings (SSSR count). The van der Waals surface area contributed by atoms with Crippen LogP contribution in [0.2, 0.25) is 0 Å². The van der Waals surface area contributed by atoms with Gasteiger partial charge in [0.2, 0.25) is 5.91 Å². The van der Waals surface area contributed by atoms with Gasteiger partial charge in [0.25, 0.3) is 0 Å². The summed E-state index contributed by atoms with van der Waals surface area (Å²) in [6.07, 6.45) is 0.0676. The van der Waals surface area contributed by atoms with Gasteiger partial charge < -0.3 is 20.1 Å². The Morgan fingerprint density at radius 3 is 2.38 bits per heavy atom. The molecule has 0 spiro atoms. The maximum atomic E-state index is 12.4. The second-order valence-electron chi connectivity index (χ2n) is 8.13. The van der Waals surface area contributed by atoms with Gasteiger partial charge in [-0.25, -0.2) is 9.59 Å². The Kier molecular flexibility index (Phi) is 6.69. The minimum absolute atomic E-state index is 0.00865. The number of rotatable bonds is 7. The van der Waals surface area contributed by atoms with Crippen LogP contribution < -0.4 is 5.32 Å². The predicted molar refractivity (Wildman–Crippen MR) is 122 cm³/mol. The van der Waals surface area contributed by atoms with Crippen molar-refractivity contribution in [1.82, 2.24) is 10.2 Å². The van der Waals surface area contributed by atoms with E-state index in [0.29, 0.717) is 18.1 Å². The first-order valence-corrected chi connectivity index (χ1v) is 11.8. The van der Waals surface area contributed by atoms with Crippen molar-refractivity contribution in [1.29, 1.82) is 0 Å². The zero-order valence-corrected chi connectivity index (χ0v) is 18.6. The molecule has 1 aliphatic carbocycles. The van der Waals surface area contributed by atoms with Crippen LogP contribution in [0.4, 0.5) is 4.79 Å². The number of nitrogens with zero attached hydrogens (tertiary/aromatic N) is 1. The first-order valence-electron chi connectivity index (χ1n) is 10.7. The molecule has 2 amide bonds. The summed E-state index contributed by atoms with van der Waals surface area (Å²) < 4.78 is 5.54. The average Bonchev–Trinajstić information content (AvgIpc) is 3.40. The topological polar surface area (TPSA) is 95.9 Å². The SMILES string of the molecule is CC(CCC(=O)N1CSC[C@H]1C(=O)O)NC(=O)OCC1c2ccccc2-c2ccccc21. The molecule has 1 aliphatic heterocycles. The predicted octanol–water partition coefficient (Wildman–Crippen LogP) is 3.68.